The number of carbonyl (C=O) groups is 2. The molecule has 146 valence electrons. The van der Waals surface area contributed by atoms with E-state index >= 15 is 0 Å². The molecule has 0 spiro atoms. The van der Waals surface area contributed by atoms with E-state index in [4.69, 9.17) is 20.3 Å². The van der Waals surface area contributed by atoms with E-state index in [0.29, 0.717) is 34.2 Å². The highest BCUT2D eigenvalue weighted by Gasteiger charge is 2.43. The molecule has 7 nitrogen and oxygen atoms in total. The predicted octanol–water partition coefficient (Wildman–Crippen LogP) is 3.36. The van der Waals surface area contributed by atoms with Gasteiger partial charge in [0.05, 0.1) is 5.92 Å². The molecule has 1 aliphatic heterocycles. The Balaban J connectivity index is 2.19. The van der Waals surface area contributed by atoms with Crippen molar-refractivity contribution in [3.05, 3.63) is 51.0 Å². The van der Waals surface area contributed by atoms with Crippen molar-refractivity contribution in [2.24, 2.45) is 11.1 Å². The van der Waals surface area contributed by atoms with Crippen molar-refractivity contribution in [1.29, 1.82) is 5.26 Å². The number of carbonyl (C=O) groups excluding carboxylic acids is 1. The van der Waals surface area contributed by atoms with Crippen molar-refractivity contribution in [2.75, 3.05) is 6.61 Å². The molecule has 1 atom stereocenters. The van der Waals surface area contributed by atoms with E-state index in [9.17, 15) is 14.9 Å². The zero-order valence-corrected chi connectivity index (χ0v) is 17.0. The number of hydrogen-bond donors (Lipinski definition) is 2. The van der Waals surface area contributed by atoms with Crippen LogP contribution in [0.2, 0.25) is 0 Å². The maximum absolute atomic E-state index is 13.0. The topological polar surface area (TPSA) is 123 Å². The van der Waals surface area contributed by atoms with Crippen LogP contribution in [0, 0.1) is 16.7 Å². The van der Waals surface area contributed by atoms with E-state index in [-0.39, 0.29) is 28.4 Å². The lowest BCUT2D eigenvalue weighted by Crippen LogP contribution is -2.33. The SMILES string of the molecule is CC1(C)CC(=O)C2=C(C1)OC(N)=C(C#N)C2c1cc(Br)ccc1OCC(=O)O. The third-order valence-electron chi connectivity index (χ3n) is 4.71. The third-order valence-corrected chi connectivity index (χ3v) is 5.20. The molecule has 28 heavy (non-hydrogen) atoms. The second-order valence-electron chi connectivity index (χ2n) is 7.57. The molecule has 3 N–H and O–H groups in total. The Morgan fingerprint density at radius 3 is 2.82 bits per heavy atom. The van der Waals surface area contributed by atoms with E-state index in [1.54, 1.807) is 18.2 Å². The van der Waals surface area contributed by atoms with E-state index in [0.717, 1.165) is 0 Å². The fourth-order valence-electron chi connectivity index (χ4n) is 3.61. The van der Waals surface area contributed by atoms with Crippen molar-refractivity contribution in [3.8, 4) is 11.8 Å². The van der Waals surface area contributed by atoms with Crippen LogP contribution in [0.1, 0.15) is 38.2 Å². The van der Waals surface area contributed by atoms with Crippen molar-refractivity contribution in [2.45, 2.75) is 32.6 Å². The standard InChI is InChI=1S/C20H19BrN2O5/c1-20(2)6-13(24)18-15(7-20)28-19(23)12(8-22)17(18)11-5-10(21)3-4-14(11)27-9-16(25)26/h3-5,17H,6-7,9,23H2,1-2H3,(H,25,26). The van der Waals surface area contributed by atoms with Gasteiger partial charge in [0.25, 0.3) is 0 Å². The van der Waals surface area contributed by atoms with Crippen LogP contribution in [0.4, 0.5) is 0 Å². The number of carboxylic acid groups (broad SMARTS) is 1. The molecule has 1 unspecified atom stereocenters. The summed E-state index contributed by atoms with van der Waals surface area (Å²) in [6.45, 7) is 3.38. The number of ketones is 1. The van der Waals surface area contributed by atoms with Crippen LogP contribution < -0.4 is 10.5 Å². The minimum atomic E-state index is -1.13. The molecule has 1 aliphatic carbocycles. The maximum Gasteiger partial charge on any atom is 0.341 e. The van der Waals surface area contributed by atoms with Gasteiger partial charge in [0.15, 0.2) is 12.4 Å². The number of carboxylic acids is 1. The van der Waals surface area contributed by atoms with Gasteiger partial charge in [-0.15, -0.1) is 0 Å². The fourth-order valence-corrected chi connectivity index (χ4v) is 3.99. The second-order valence-corrected chi connectivity index (χ2v) is 8.48. The van der Waals surface area contributed by atoms with Gasteiger partial charge in [0, 0.05) is 28.5 Å². The van der Waals surface area contributed by atoms with Gasteiger partial charge in [-0.25, -0.2) is 4.79 Å². The van der Waals surface area contributed by atoms with Crippen LogP contribution in [0.3, 0.4) is 0 Å². The zero-order chi connectivity index (χ0) is 20.6. The molecular formula is C20H19BrN2O5. The predicted molar refractivity (Wildman–Crippen MR) is 103 cm³/mol. The average Bonchev–Trinajstić information content (AvgIpc) is 2.58. The molecular weight excluding hydrogens is 428 g/mol. The molecule has 1 aromatic carbocycles. The first-order valence-corrected chi connectivity index (χ1v) is 9.40. The quantitative estimate of drug-likeness (QED) is 0.726. The number of halogens is 1. The summed E-state index contributed by atoms with van der Waals surface area (Å²) in [5.74, 6) is -1.37. The number of nitrogens with two attached hydrogens (primary N) is 1. The monoisotopic (exact) mass is 446 g/mol. The zero-order valence-electron chi connectivity index (χ0n) is 15.4. The number of hydrogen-bond acceptors (Lipinski definition) is 6. The van der Waals surface area contributed by atoms with E-state index in [1.165, 1.54) is 0 Å². The molecule has 0 bridgehead atoms. The highest BCUT2D eigenvalue weighted by Crippen LogP contribution is 2.49. The molecule has 1 heterocycles. The molecule has 1 aromatic rings. The van der Waals surface area contributed by atoms with Crippen molar-refractivity contribution in [3.63, 3.8) is 0 Å². The Morgan fingerprint density at radius 1 is 1.46 bits per heavy atom. The normalized spacial score (nSPS) is 20.9. The number of allylic oxidation sites excluding steroid dienone is 3. The van der Waals surface area contributed by atoms with Crippen LogP contribution in [0.25, 0.3) is 0 Å². The first-order valence-electron chi connectivity index (χ1n) is 8.61. The number of nitrogens with zero attached hydrogens (tertiary/aromatic N) is 1. The van der Waals surface area contributed by atoms with E-state index in [1.807, 2.05) is 19.9 Å². The molecule has 0 aromatic heterocycles. The Hall–Kier alpha value is -2.79. The van der Waals surface area contributed by atoms with Crippen LogP contribution in [-0.2, 0) is 14.3 Å². The minimum absolute atomic E-state index is 0.0547. The van der Waals surface area contributed by atoms with Gasteiger partial charge < -0.3 is 20.3 Å². The van der Waals surface area contributed by atoms with Gasteiger partial charge in [0.1, 0.15) is 23.2 Å². The van der Waals surface area contributed by atoms with Crippen LogP contribution >= 0.6 is 15.9 Å². The third kappa shape index (κ3) is 3.76. The van der Waals surface area contributed by atoms with Gasteiger partial charge in [-0.2, -0.15) is 5.26 Å². The van der Waals surface area contributed by atoms with Crippen molar-refractivity contribution in [1.82, 2.24) is 0 Å². The average molecular weight is 447 g/mol. The Bertz CT molecular complexity index is 971. The minimum Gasteiger partial charge on any atom is -0.482 e. The molecule has 3 rings (SSSR count). The molecule has 0 amide bonds. The van der Waals surface area contributed by atoms with E-state index in [2.05, 4.69) is 15.9 Å². The molecule has 0 saturated carbocycles. The van der Waals surface area contributed by atoms with Crippen molar-refractivity contribution >= 4 is 27.7 Å². The Kier molecular flexibility index (Phi) is 5.22. The Labute approximate surface area is 170 Å². The second kappa shape index (κ2) is 7.32. The smallest absolute Gasteiger partial charge is 0.341 e. The van der Waals surface area contributed by atoms with Crippen LogP contribution in [0.5, 0.6) is 5.75 Å². The van der Waals surface area contributed by atoms with Gasteiger partial charge in [-0.05, 0) is 23.6 Å². The van der Waals surface area contributed by atoms with Crippen LogP contribution in [-0.4, -0.2) is 23.5 Å². The van der Waals surface area contributed by atoms with Crippen LogP contribution in [0.15, 0.2) is 45.5 Å². The lowest BCUT2D eigenvalue weighted by molar-refractivity contribution is -0.139. The highest BCUT2D eigenvalue weighted by atomic mass is 79.9. The summed E-state index contributed by atoms with van der Waals surface area (Å²) >= 11 is 3.39. The van der Waals surface area contributed by atoms with Gasteiger partial charge in [0.2, 0.25) is 5.88 Å². The molecule has 8 heteroatoms. The summed E-state index contributed by atoms with van der Waals surface area (Å²) in [6.07, 6.45) is 0.812. The molecule has 0 fully saturated rings. The lowest BCUT2D eigenvalue weighted by atomic mass is 9.70. The van der Waals surface area contributed by atoms with Gasteiger partial charge in [-0.1, -0.05) is 29.8 Å². The number of ether oxygens (including phenoxy) is 2. The first kappa shape index (κ1) is 20.0. The summed E-state index contributed by atoms with van der Waals surface area (Å²) < 4.78 is 11.8. The fraction of sp³-hybridized carbons (Fsp3) is 0.350. The molecule has 0 radical (unpaired) electrons. The highest BCUT2D eigenvalue weighted by molar-refractivity contribution is 9.10. The maximum atomic E-state index is 13.0. The van der Waals surface area contributed by atoms with E-state index < -0.39 is 18.5 Å². The summed E-state index contributed by atoms with van der Waals surface area (Å²) in [5, 5.41) is 18.7. The number of Topliss-reactive ketones (excluding diaryl/α,β-unsaturated/α-hetero) is 1. The summed E-state index contributed by atoms with van der Waals surface area (Å²) in [4.78, 5) is 24.0. The summed E-state index contributed by atoms with van der Waals surface area (Å²) in [5.41, 5.74) is 6.69. The number of aliphatic carboxylic acids is 1. The summed E-state index contributed by atoms with van der Waals surface area (Å²) in [7, 11) is 0. The van der Waals surface area contributed by atoms with Crippen molar-refractivity contribution < 1.29 is 24.2 Å². The summed E-state index contributed by atoms with van der Waals surface area (Å²) in [6, 6.07) is 7.04. The van der Waals surface area contributed by atoms with Gasteiger partial charge in [-0.3, -0.25) is 4.79 Å². The largest absolute Gasteiger partial charge is 0.482 e. The number of rotatable bonds is 4. The lowest BCUT2D eigenvalue weighted by Gasteiger charge is -2.37. The first-order chi connectivity index (χ1) is 13.1. The van der Waals surface area contributed by atoms with Gasteiger partial charge >= 0.3 is 5.97 Å². The number of benzene rings is 1. The molecule has 2 aliphatic rings. The number of nitriles is 1. The molecule has 0 saturated heterocycles. The Morgan fingerprint density at radius 2 is 2.18 bits per heavy atom.